The van der Waals surface area contributed by atoms with E-state index in [9.17, 15) is 18.4 Å². The zero-order valence-electron chi connectivity index (χ0n) is 11.9. The molecule has 0 saturated carbocycles. The number of alkyl halides is 2. The van der Waals surface area contributed by atoms with Crippen molar-refractivity contribution >= 4 is 28.3 Å². The molecule has 1 heterocycles. The second kappa shape index (κ2) is 7.63. The van der Waals surface area contributed by atoms with E-state index in [0.717, 1.165) is 11.3 Å². The highest BCUT2D eigenvalue weighted by Crippen LogP contribution is 2.19. The van der Waals surface area contributed by atoms with Gasteiger partial charge < -0.3 is 9.47 Å². The molecule has 0 atom stereocenters. The summed E-state index contributed by atoms with van der Waals surface area (Å²) in [4.78, 5) is 27.2. The lowest BCUT2D eigenvalue weighted by molar-refractivity contribution is -0.139. The highest BCUT2D eigenvalue weighted by atomic mass is 32.1. The average molecular weight is 342 g/mol. The zero-order chi connectivity index (χ0) is 16.8. The molecular weight excluding hydrogens is 330 g/mol. The molecule has 2 aromatic rings. The minimum Gasteiger partial charge on any atom is -0.469 e. The van der Waals surface area contributed by atoms with Gasteiger partial charge in [0.25, 0.3) is 5.91 Å². The van der Waals surface area contributed by atoms with Crippen LogP contribution in [-0.2, 0) is 16.0 Å². The topological polar surface area (TPSA) is 77.5 Å². The first-order chi connectivity index (χ1) is 11.0. The molecule has 0 unspecified atom stereocenters. The molecule has 0 saturated heterocycles. The summed E-state index contributed by atoms with van der Waals surface area (Å²) < 4.78 is 32.8. The molecule has 9 heteroatoms. The molecule has 0 fully saturated rings. The second-order valence-corrected chi connectivity index (χ2v) is 5.11. The molecule has 0 aliphatic rings. The Morgan fingerprint density at radius 3 is 2.61 bits per heavy atom. The molecule has 1 aromatic carbocycles. The summed E-state index contributed by atoms with van der Waals surface area (Å²) in [6.45, 7) is -2.92. The lowest BCUT2D eigenvalue weighted by Gasteiger charge is -2.05. The van der Waals surface area contributed by atoms with Gasteiger partial charge in [-0.2, -0.15) is 8.78 Å². The summed E-state index contributed by atoms with van der Waals surface area (Å²) >= 11 is 1.16. The van der Waals surface area contributed by atoms with Crippen molar-refractivity contribution in [1.29, 1.82) is 0 Å². The Bertz CT molecular complexity index is 688. The average Bonchev–Trinajstić information content (AvgIpc) is 2.94. The van der Waals surface area contributed by atoms with E-state index in [1.807, 2.05) is 0 Å². The van der Waals surface area contributed by atoms with Gasteiger partial charge in [0.15, 0.2) is 5.13 Å². The monoisotopic (exact) mass is 342 g/mol. The van der Waals surface area contributed by atoms with Gasteiger partial charge in [0, 0.05) is 10.9 Å². The lowest BCUT2D eigenvalue weighted by atomic mass is 10.2. The van der Waals surface area contributed by atoms with Gasteiger partial charge in [-0.15, -0.1) is 11.3 Å². The first kappa shape index (κ1) is 16.8. The van der Waals surface area contributed by atoms with Gasteiger partial charge in [-0.25, -0.2) is 4.98 Å². The number of thiazole rings is 1. The zero-order valence-corrected chi connectivity index (χ0v) is 12.7. The summed E-state index contributed by atoms with van der Waals surface area (Å²) in [5.74, 6) is -0.915. The number of aromatic nitrogens is 1. The Labute approximate surface area is 134 Å². The van der Waals surface area contributed by atoms with E-state index in [-0.39, 0.29) is 17.7 Å². The van der Waals surface area contributed by atoms with Crippen LogP contribution in [0.5, 0.6) is 5.75 Å². The van der Waals surface area contributed by atoms with Crippen LogP contribution >= 0.6 is 11.3 Å². The number of halogens is 2. The van der Waals surface area contributed by atoms with E-state index in [0.29, 0.717) is 10.8 Å². The Balaban J connectivity index is 1.97. The van der Waals surface area contributed by atoms with Crippen molar-refractivity contribution < 1.29 is 27.8 Å². The molecule has 0 aliphatic heterocycles. The molecule has 2 rings (SSSR count). The summed E-state index contributed by atoms with van der Waals surface area (Å²) in [6.07, 6.45) is 0.0164. The van der Waals surface area contributed by atoms with Crippen LogP contribution in [-0.4, -0.2) is 30.6 Å². The molecule has 0 radical (unpaired) electrons. The van der Waals surface area contributed by atoms with Gasteiger partial charge in [0.05, 0.1) is 19.2 Å². The van der Waals surface area contributed by atoms with E-state index in [4.69, 9.17) is 0 Å². The number of carbonyl (C=O) groups excluding carboxylic acids is 2. The minimum absolute atomic E-state index is 0.0164. The van der Waals surface area contributed by atoms with Crippen molar-refractivity contribution in [3.05, 3.63) is 40.9 Å². The fourth-order valence-corrected chi connectivity index (χ4v) is 2.33. The minimum atomic E-state index is -2.92. The SMILES string of the molecule is COC(=O)Cc1csc(NC(=O)c2ccc(OC(F)F)cc2)n1. The van der Waals surface area contributed by atoms with E-state index in [1.54, 1.807) is 5.38 Å². The third-order valence-corrected chi connectivity index (χ3v) is 3.47. The number of benzene rings is 1. The smallest absolute Gasteiger partial charge is 0.387 e. The number of methoxy groups -OCH3 is 1. The molecule has 1 N–H and O–H groups in total. The number of carbonyl (C=O) groups is 2. The summed E-state index contributed by atoms with van der Waals surface area (Å²) in [7, 11) is 1.28. The van der Waals surface area contributed by atoms with Crippen LogP contribution < -0.4 is 10.1 Å². The van der Waals surface area contributed by atoms with Crippen molar-refractivity contribution in [3.63, 3.8) is 0 Å². The van der Waals surface area contributed by atoms with Gasteiger partial charge in [0.2, 0.25) is 0 Å². The van der Waals surface area contributed by atoms with Crippen LogP contribution in [0.1, 0.15) is 16.1 Å². The molecule has 0 bridgehead atoms. The number of nitrogens with one attached hydrogen (secondary N) is 1. The molecule has 0 aliphatic carbocycles. The van der Waals surface area contributed by atoms with E-state index in [2.05, 4.69) is 19.8 Å². The fourth-order valence-electron chi connectivity index (χ4n) is 1.62. The molecule has 1 aromatic heterocycles. The maximum atomic E-state index is 12.0. The Morgan fingerprint density at radius 1 is 1.30 bits per heavy atom. The number of nitrogens with zero attached hydrogens (tertiary/aromatic N) is 1. The quantitative estimate of drug-likeness (QED) is 0.817. The first-order valence-electron chi connectivity index (χ1n) is 6.35. The third-order valence-electron chi connectivity index (χ3n) is 2.67. The number of hydrogen-bond acceptors (Lipinski definition) is 6. The van der Waals surface area contributed by atoms with Crippen LogP contribution in [0.4, 0.5) is 13.9 Å². The van der Waals surface area contributed by atoms with Crippen molar-refractivity contribution in [2.45, 2.75) is 13.0 Å². The van der Waals surface area contributed by atoms with E-state index < -0.39 is 18.5 Å². The Morgan fingerprint density at radius 2 is 2.00 bits per heavy atom. The van der Waals surface area contributed by atoms with Crippen molar-refractivity contribution in [2.24, 2.45) is 0 Å². The van der Waals surface area contributed by atoms with Gasteiger partial charge in [-0.1, -0.05) is 0 Å². The highest BCUT2D eigenvalue weighted by Gasteiger charge is 2.12. The van der Waals surface area contributed by atoms with Crippen LogP contribution in [0.3, 0.4) is 0 Å². The standard InChI is InChI=1S/C14H12F2N2O4S/c1-21-11(19)6-9-7-23-14(17-9)18-12(20)8-2-4-10(5-3-8)22-13(15)16/h2-5,7,13H,6H2,1H3,(H,17,18,20). The van der Waals surface area contributed by atoms with Crippen molar-refractivity contribution in [3.8, 4) is 5.75 Å². The van der Waals surface area contributed by atoms with Gasteiger partial charge in [-0.05, 0) is 24.3 Å². The van der Waals surface area contributed by atoms with Crippen LogP contribution in [0.15, 0.2) is 29.6 Å². The third kappa shape index (κ3) is 4.99. The molecule has 122 valence electrons. The second-order valence-electron chi connectivity index (χ2n) is 4.25. The maximum Gasteiger partial charge on any atom is 0.387 e. The summed E-state index contributed by atoms with van der Waals surface area (Å²) in [5.41, 5.74) is 0.745. The first-order valence-corrected chi connectivity index (χ1v) is 7.23. The van der Waals surface area contributed by atoms with Crippen molar-refractivity contribution in [1.82, 2.24) is 4.98 Å². The molecule has 6 nitrogen and oxygen atoms in total. The number of anilines is 1. The molecule has 23 heavy (non-hydrogen) atoms. The van der Waals surface area contributed by atoms with Crippen LogP contribution in [0, 0.1) is 0 Å². The number of esters is 1. The largest absolute Gasteiger partial charge is 0.469 e. The van der Waals surface area contributed by atoms with Crippen molar-refractivity contribution in [2.75, 3.05) is 12.4 Å². The summed E-state index contributed by atoms with van der Waals surface area (Å²) in [5, 5.41) is 4.51. The van der Waals surface area contributed by atoms with Gasteiger partial charge in [0.1, 0.15) is 5.75 Å². The van der Waals surface area contributed by atoms with Gasteiger partial charge in [-0.3, -0.25) is 14.9 Å². The Hall–Kier alpha value is -2.55. The lowest BCUT2D eigenvalue weighted by Crippen LogP contribution is -2.12. The highest BCUT2D eigenvalue weighted by molar-refractivity contribution is 7.14. The number of hydrogen-bond donors (Lipinski definition) is 1. The normalized spacial score (nSPS) is 10.4. The van der Waals surface area contributed by atoms with E-state index in [1.165, 1.54) is 31.4 Å². The fraction of sp³-hybridized carbons (Fsp3) is 0.214. The molecule has 1 amide bonds. The molecular formula is C14H12F2N2O4S. The predicted molar refractivity (Wildman–Crippen MR) is 78.9 cm³/mol. The Kier molecular flexibility index (Phi) is 5.58. The number of ether oxygens (including phenoxy) is 2. The van der Waals surface area contributed by atoms with Crippen LogP contribution in [0.2, 0.25) is 0 Å². The number of amides is 1. The maximum absolute atomic E-state index is 12.0. The molecule has 0 spiro atoms. The van der Waals surface area contributed by atoms with E-state index >= 15 is 0 Å². The van der Waals surface area contributed by atoms with Gasteiger partial charge >= 0.3 is 12.6 Å². The summed E-state index contributed by atoms with van der Waals surface area (Å²) in [6, 6.07) is 5.25. The van der Waals surface area contributed by atoms with Crippen LogP contribution in [0.25, 0.3) is 0 Å². The number of rotatable bonds is 6. The predicted octanol–water partition coefficient (Wildman–Crippen LogP) is 2.71.